The minimum Gasteiger partial charge on any atom is -0.497 e. The summed E-state index contributed by atoms with van der Waals surface area (Å²) in [6.07, 6.45) is 0.771. The molecule has 4 nitrogen and oxygen atoms in total. The summed E-state index contributed by atoms with van der Waals surface area (Å²) in [7, 11) is 1.59. The number of carbonyl (C=O) groups is 1. The number of ether oxygens (including phenoxy) is 2. The molecular formula is C17H17NO3. The van der Waals surface area contributed by atoms with Crippen LogP contribution in [0.2, 0.25) is 0 Å². The Balaban J connectivity index is 1.79. The van der Waals surface area contributed by atoms with Gasteiger partial charge in [-0.05, 0) is 24.3 Å². The zero-order chi connectivity index (χ0) is 14.7. The molecule has 2 aromatic carbocycles. The Hall–Kier alpha value is -2.49. The van der Waals surface area contributed by atoms with Gasteiger partial charge in [-0.1, -0.05) is 24.3 Å². The third-order valence-corrected chi connectivity index (χ3v) is 3.60. The molecule has 0 fully saturated rings. The molecule has 108 valence electrons. The van der Waals surface area contributed by atoms with E-state index in [1.54, 1.807) is 19.2 Å². The molecule has 0 saturated heterocycles. The van der Waals surface area contributed by atoms with E-state index in [-0.39, 0.29) is 11.9 Å². The third-order valence-electron chi connectivity index (χ3n) is 3.60. The molecule has 1 aliphatic rings. The van der Waals surface area contributed by atoms with Crippen LogP contribution in [0.5, 0.6) is 11.5 Å². The zero-order valence-electron chi connectivity index (χ0n) is 11.8. The van der Waals surface area contributed by atoms with Crippen molar-refractivity contribution >= 4 is 5.91 Å². The normalized spacial score (nSPS) is 16.5. The molecule has 0 saturated carbocycles. The van der Waals surface area contributed by atoms with E-state index in [0.29, 0.717) is 17.9 Å². The maximum Gasteiger partial charge on any atom is 0.251 e. The molecule has 1 aliphatic heterocycles. The summed E-state index contributed by atoms with van der Waals surface area (Å²) in [4.78, 5) is 12.4. The van der Waals surface area contributed by atoms with Gasteiger partial charge in [0.25, 0.3) is 5.91 Å². The zero-order valence-corrected chi connectivity index (χ0v) is 11.8. The van der Waals surface area contributed by atoms with Crippen molar-refractivity contribution in [3.63, 3.8) is 0 Å². The van der Waals surface area contributed by atoms with Gasteiger partial charge in [0.1, 0.15) is 11.5 Å². The summed E-state index contributed by atoms with van der Waals surface area (Å²) in [6, 6.07) is 14.9. The lowest BCUT2D eigenvalue weighted by Gasteiger charge is -2.26. The SMILES string of the molecule is COc1cccc(C(=O)N[C@H]2CCOc3ccccc32)c1. The molecule has 0 aromatic heterocycles. The van der Waals surface area contributed by atoms with Crippen LogP contribution in [0.25, 0.3) is 0 Å². The van der Waals surface area contributed by atoms with Gasteiger partial charge in [-0.15, -0.1) is 0 Å². The van der Waals surface area contributed by atoms with E-state index in [9.17, 15) is 4.79 Å². The molecule has 1 amide bonds. The molecule has 4 heteroatoms. The highest BCUT2D eigenvalue weighted by molar-refractivity contribution is 5.94. The molecule has 1 heterocycles. The van der Waals surface area contributed by atoms with Crippen molar-refractivity contribution in [2.45, 2.75) is 12.5 Å². The van der Waals surface area contributed by atoms with Gasteiger partial charge in [0.05, 0.1) is 19.8 Å². The molecule has 0 radical (unpaired) electrons. The lowest BCUT2D eigenvalue weighted by Crippen LogP contribution is -2.32. The van der Waals surface area contributed by atoms with Crippen LogP contribution in [-0.2, 0) is 0 Å². The number of rotatable bonds is 3. The Labute approximate surface area is 123 Å². The van der Waals surface area contributed by atoms with Crippen LogP contribution in [0.3, 0.4) is 0 Å². The standard InChI is InChI=1S/C17H17NO3/c1-20-13-6-4-5-12(11-13)17(19)18-15-9-10-21-16-8-3-2-7-14(15)16/h2-8,11,15H,9-10H2,1H3,(H,18,19)/t15-/m0/s1. The summed E-state index contributed by atoms with van der Waals surface area (Å²) in [5.74, 6) is 1.42. The van der Waals surface area contributed by atoms with Crippen LogP contribution < -0.4 is 14.8 Å². The number of hydrogen-bond acceptors (Lipinski definition) is 3. The Morgan fingerprint density at radius 1 is 1.24 bits per heavy atom. The van der Waals surface area contributed by atoms with Crippen LogP contribution in [0.15, 0.2) is 48.5 Å². The van der Waals surface area contributed by atoms with Crippen LogP contribution in [0.1, 0.15) is 28.4 Å². The molecule has 0 spiro atoms. The predicted molar refractivity (Wildman–Crippen MR) is 79.8 cm³/mol. The van der Waals surface area contributed by atoms with E-state index >= 15 is 0 Å². The number of methoxy groups -OCH3 is 1. The number of carbonyl (C=O) groups excluding carboxylic acids is 1. The van der Waals surface area contributed by atoms with Gasteiger partial charge in [0.15, 0.2) is 0 Å². The number of hydrogen-bond donors (Lipinski definition) is 1. The lowest BCUT2D eigenvalue weighted by atomic mass is 10.00. The molecule has 0 bridgehead atoms. The van der Waals surface area contributed by atoms with E-state index in [1.807, 2.05) is 36.4 Å². The molecule has 0 unspecified atom stereocenters. The second kappa shape index (κ2) is 5.87. The Bertz CT molecular complexity index is 654. The summed E-state index contributed by atoms with van der Waals surface area (Å²) >= 11 is 0. The van der Waals surface area contributed by atoms with E-state index in [1.165, 1.54) is 0 Å². The van der Waals surface area contributed by atoms with Crippen molar-refractivity contribution in [1.82, 2.24) is 5.32 Å². The molecular weight excluding hydrogens is 266 g/mol. The van der Waals surface area contributed by atoms with E-state index < -0.39 is 0 Å². The molecule has 2 aromatic rings. The van der Waals surface area contributed by atoms with Crippen molar-refractivity contribution in [2.24, 2.45) is 0 Å². The fourth-order valence-electron chi connectivity index (χ4n) is 2.50. The first-order chi connectivity index (χ1) is 10.3. The highest BCUT2D eigenvalue weighted by Crippen LogP contribution is 2.31. The third kappa shape index (κ3) is 2.84. The van der Waals surface area contributed by atoms with Gasteiger partial charge in [0, 0.05) is 17.5 Å². The minimum absolute atomic E-state index is 0.0198. The van der Waals surface area contributed by atoms with Gasteiger partial charge >= 0.3 is 0 Å². The number of fused-ring (bicyclic) bond motifs is 1. The first kappa shape index (κ1) is 13.5. The second-order valence-electron chi connectivity index (χ2n) is 4.93. The van der Waals surface area contributed by atoms with Crippen LogP contribution in [0, 0.1) is 0 Å². The number of para-hydroxylation sites is 1. The maximum absolute atomic E-state index is 12.4. The van der Waals surface area contributed by atoms with E-state index in [0.717, 1.165) is 17.7 Å². The van der Waals surface area contributed by atoms with Crippen LogP contribution >= 0.6 is 0 Å². The van der Waals surface area contributed by atoms with E-state index in [4.69, 9.17) is 9.47 Å². The Morgan fingerprint density at radius 3 is 2.95 bits per heavy atom. The van der Waals surface area contributed by atoms with Crippen molar-refractivity contribution < 1.29 is 14.3 Å². The monoisotopic (exact) mass is 283 g/mol. The topological polar surface area (TPSA) is 47.6 Å². The van der Waals surface area contributed by atoms with Crippen LogP contribution in [0.4, 0.5) is 0 Å². The molecule has 3 rings (SSSR count). The van der Waals surface area contributed by atoms with Crippen LogP contribution in [-0.4, -0.2) is 19.6 Å². The molecule has 1 atom stereocenters. The molecule has 21 heavy (non-hydrogen) atoms. The number of amides is 1. The Kier molecular flexibility index (Phi) is 3.77. The van der Waals surface area contributed by atoms with Gasteiger partial charge in [-0.25, -0.2) is 0 Å². The highest BCUT2D eigenvalue weighted by Gasteiger charge is 2.23. The molecule has 1 N–H and O–H groups in total. The summed E-state index contributed by atoms with van der Waals surface area (Å²) in [5, 5.41) is 3.07. The smallest absolute Gasteiger partial charge is 0.251 e. The first-order valence-corrected chi connectivity index (χ1v) is 6.94. The van der Waals surface area contributed by atoms with E-state index in [2.05, 4.69) is 5.32 Å². The number of nitrogens with one attached hydrogen (secondary N) is 1. The van der Waals surface area contributed by atoms with Crippen molar-refractivity contribution in [2.75, 3.05) is 13.7 Å². The first-order valence-electron chi connectivity index (χ1n) is 6.94. The summed E-state index contributed by atoms with van der Waals surface area (Å²) < 4.78 is 10.8. The quantitative estimate of drug-likeness (QED) is 0.942. The van der Waals surface area contributed by atoms with Gasteiger partial charge in [-0.2, -0.15) is 0 Å². The second-order valence-corrected chi connectivity index (χ2v) is 4.93. The maximum atomic E-state index is 12.4. The van der Waals surface area contributed by atoms with Crippen molar-refractivity contribution in [3.05, 3.63) is 59.7 Å². The molecule has 0 aliphatic carbocycles. The average Bonchev–Trinajstić information content (AvgIpc) is 2.55. The minimum atomic E-state index is -0.101. The van der Waals surface area contributed by atoms with Gasteiger partial charge in [0.2, 0.25) is 0 Å². The fourth-order valence-corrected chi connectivity index (χ4v) is 2.50. The van der Waals surface area contributed by atoms with Gasteiger partial charge in [-0.3, -0.25) is 4.79 Å². The fraction of sp³-hybridized carbons (Fsp3) is 0.235. The number of benzene rings is 2. The predicted octanol–water partition coefficient (Wildman–Crippen LogP) is 2.95. The highest BCUT2D eigenvalue weighted by atomic mass is 16.5. The summed E-state index contributed by atoms with van der Waals surface area (Å²) in [5.41, 5.74) is 1.62. The van der Waals surface area contributed by atoms with Crippen molar-refractivity contribution in [1.29, 1.82) is 0 Å². The average molecular weight is 283 g/mol. The summed E-state index contributed by atoms with van der Waals surface area (Å²) in [6.45, 7) is 0.611. The van der Waals surface area contributed by atoms with Gasteiger partial charge < -0.3 is 14.8 Å². The largest absolute Gasteiger partial charge is 0.497 e. The lowest BCUT2D eigenvalue weighted by molar-refractivity contribution is 0.0924. The van der Waals surface area contributed by atoms with Crippen molar-refractivity contribution in [3.8, 4) is 11.5 Å². The Morgan fingerprint density at radius 2 is 2.10 bits per heavy atom.